The molecule has 2 N–H and O–H groups in total. The maximum atomic E-state index is 6.09. The van der Waals surface area contributed by atoms with Crippen molar-refractivity contribution in [1.29, 1.82) is 0 Å². The molecular formula is C18H17NO4S2. The summed E-state index contributed by atoms with van der Waals surface area (Å²) in [5.74, 6) is 2.62. The Morgan fingerprint density at radius 2 is 1.76 bits per heavy atom. The van der Waals surface area contributed by atoms with Crippen molar-refractivity contribution in [2.24, 2.45) is 0 Å². The summed E-state index contributed by atoms with van der Waals surface area (Å²) in [4.78, 5) is 2.27. The maximum absolute atomic E-state index is 6.09. The Kier molecular flexibility index (Phi) is 3.80. The van der Waals surface area contributed by atoms with Gasteiger partial charge in [-0.3, -0.25) is 0 Å². The second kappa shape index (κ2) is 6.16. The molecule has 3 aliphatic heterocycles. The summed E-state index contributed by atoms with van der Waals surface area (Å²) in [5, 5.41) is 2.13. The van der Waals surface area contributed by atoms with E-state index < -0.39 is 0 Å². The zero-order valence-corrected chi connectivity index (χ0v) is 15.0. The summed E-state index contributed by atoms with van der Waals surface area (Å²) in [7, 11) is 0. The van der Waals surface area contributed by atoms with E-state index in [2.05, 4.69) is 0 Å². The van der Waals surface area contributed by atoms with Crippen LogP contribution in [0, 0.1) is 0 Å². The van der Waals surface area contributed by atoms with Crippen LogP contribution in [0.25, 0.3) is 4.91 Å². The lowest BCUT2D eigenvalue weighted by Gasteiger charge is -2.27. The third-order valence-corrected chi connectivity index (χ3v) is 6.98. The van der Waals surface area contributed by atoms with E-state index in [1.54, 1.807) is 23.1 Å². The molecule has 1 fully saturated rings. The van der Waals surface area contributed by atoms with Gasteiger partial charge in [0, 0.05) is 11.1 Å². The van der Waals surface area contributed by atoms with Gasteiger partial charge in [-0.2, -0.15) is 0 Å². The third kappa shape index (κ3) is 2.58. The molecule has 1 saturated heterocycles. The van der Waals surface area contributed by atoms with Crippen molar-refractivity contribution in [3.8, 4) is 11.5 Å². The molecule has 2 atom stereocenters. The molecule has 1 aromatic heterocycles. The molecule has 2 aromatic rings. The van der Waals surface area contributed by atoms with Gasteiger partial charge in [-0.25, -0.2) is 0 Å². The number of thioether (sulfide) groups is 1. The second-order valence-electron chi connectivity index (χ2n) is 5.98. The highest BCUT2D eigenvalue weighted by Crippen LogP contribution is 2.58. The Balaban J connectivity index is 1.53. The molecule has 7 heteroatoms. The molecular weight excluding hydrogens is 358 g/mol. The van der Waals surface area contributed by atoms with Crippen molar-refractivity contribution in [2.75, 3.05) is 32.2 Å². The summed E-state index contributed by atoms with van der Waals surface area (Å²) in [6.07, 6.45) is -0.0976. The summed E-state index contributed by atoms with van der Waals surface area (Å²) in [6, 6.07) is 7.90. The van der Waals surface area contributed by atoms with Crippen LogP contribution in [0.3, 0.4) is 0 Å². The maximum Gasteiger partial charge on any atom is 0.176 e. The van der Waals surface area contributed by atoms with Crippen LogP contribution >= 0.6 is 23.1 Å². The van der Waals surface area contributed by atoms with E-state index in [1.165, 1.54) is 0 Å². The molecule has 5 rings (SSSR count). The van der Waals surface area contributed by atoms with E-state index in [1.807, 2.05) is 29.6 Å². The molecule has 4 heterocycles. The molecule has 0 amide bonds. The number of rotatable bonds is 2. The van der Waals surface area contributed by atoms with Gasteiger partial charge in [0.2, 0.25) is 0 Å². The Hall–Kier alpha value is -1.83. The number of ether oxygens (including phenoxy) is 4. The summed E-state index contributed by atoms with van der Waals surface area (Å²) in [5.41, 5.74) is 7.69. The second-order valence-corrected chi connectivity index (χ2v) is 8.05. The highest BCUT2D eigenvalue weighted by Gasteiger charge is 2.44. The molecule has 3 aliphatic rings. The number of hydrogen-bond donors (Lipinski definition) is 1. The van der Waals surface area contributed by atoms with Crippen molar-refractivity contribution >= 4 is 33.7 Å². The van der Waals surface area contributed by atoms with E-state index in [4.69, 9.17) is 24.7 Å². The summed E-state index contributed by atoms with van der Waals surface area (Å²) in [6.45, 7) is 2.37. The third-order valence-electron chi connectivity index (χ3n) is 4.40. The van der Waals surface area contributed by atoms with Crippen molar-refractivity contribution < 1.29 is 18.9 Å². The Morgan fingerprint density at radius 1 is 0.960 bits per heavy atom. The number of hydrogen-bond acceptors (Lipinski definition) is 7. The first kappa shape index (κ1) is 15.4. The fraction of sp³-hybridized carbons (Fsp3) is 0.333. The van der Waals surface area contributed by atoms with E-state index >= 15 is 0 Å². The molecule has 130 valence electrons. The first-order valence-corrected chi connectivity index (χ1v) is 9.95. The smallest absolute Gasteiger partial charge is 0.176 e. The van der Waals surface area contributed by atoms with Gasteiger partial charge in [-0.05, 0) is 17.7 Å². The molecule has 0 aliphatic carbocycles. The van der Waals surface area contributed by atoms with Crippen LogP contribution in [0.2, 0.25) is 0 Å². The Morgan fingerprint density at radius 3 is 2.64 bits per heavy atom. The van der Waals surface area contributed by atoms with Gasteiger partial charge < -0.3 is 24.7 Å². The van der Waals surface area contributed by atoms with E-state index in [-0.39, 0.29) is 11.4 Å². The highest BCUT2D eigenvalue weighted by atomic mass is 32.2. The number of nitrogens with two attached hydrogens (primary N) is 1. The predicted octanol–water partition coefficient (Wildman–Crippen LogP) is 3.67. The SMILES string of the molecule is Nc1ccc(C2=C3OCCOC3C(c3scc4c3OCCO4)S2)cc1. The molecule has 0 saturated carbocycles. The lowest BCUT2D eigenvalue weighted by molar-refractivity contribution is -0.0391. The minimum Gasteiger partial charge on any atom is -0.492 e. The molecule has 5 nitrogen and oxygen atoms in total. The molecule has 1 aromatic carbocycles. The predicted molar refractivity (Wildman–Crippen MR) is 99.1 cm³/mol. The van der Waals surface area contributed by atoms with Crippen LogP contribution in [-0.2, 0) is 9.47 Å². The summed E-state index contributed by atoms with van der Waals surface area (Å²) < 4.78 is 23.7. The van der Waals surface area contributed by atoms with Crippen LogP contribution in [0.15, 0.2) is 35.4 Å². The Labute approximate surface area is 153 Å². The monoisotopic (exact) mass is 375 g/mol. The number of nitrogen functional groups attached to an aromatic ring is 1. The zero-order chi connectivity index (χ0) is 16.8. The topological polar surface area (TPSA) is 62.9 Å². The molecule has 0 spiro atoms. The van der Waals surface area contributed by atoms with Crippen molar-refractivity contribution in [1.82, 2.24) is 0 Å². The van der Waals surface area contributed by atoms with Crippen LogP contribution in [0.5, 0.6) is 11.5 Å². The molecule has 25 heavy (non-hydrogen) atoms. The molecule has 0 bridgehead atoms. The van der Waals surface area contributed by atoms with Crippen LogP contribution in [0.1, 0.15) is 15.7 Å². The number of benzene rings is 1. The van der Waals surface area contributed by atoms with Crippen LogP contribution in [0.4, 0.5) is 5.69 Å². The van der Waals surface area contributed by atoms with E-state index in [9.17, 15) is 0 Å². The van der Waals surface area contributed by atoms with Gasteiger partial charge in [-0.1, -0.05) is 12.1 Å². The van der Waals surface area contributed by atoms with Gasteiger partial charge in [-0.15, -0.1) is 23.1 Å². The normalized spacial score (nSPS) is 24.8. The van der Waals surface area contributed by atoms with Gasteiger partial charge in [0.25, 0.3) is 0 Å². The zero-order valence-electron chi connectivity index (χ0n) is 13.4. The lowest BCUT2D eigenvalue weighted by atomic mass is 10.1. The van der Waals surface area contributed by atoms with E-state index in [0.717, 1.165) is 38.3 Å². The number of fused-ring (bicyclic) bond motifs is 2. The standard InChI is InChI=1S/C18H17NO4S2/c19-11-3-1-10(2-4-11)16-14-15(23-8-7-22-14)18(25-16)17-13-12(9-24-17)20-5-6-21-13/h1-4,9,15,18H,5-8,19H2. The van der Waals surface area contributed by atoms with Crippen LogP contribution in [-0.4, -0.2) is 32.5 Å². The number of anilines is 1. The fourth-order valence-corrected chi connectivity index (χ4v) is 5.87. The van der Waals surface area contributed by atoms with Gasteiger partial charge >= 0.3 is 0 Å². The first-order chi connectivity index (χ1) is 12.3. The van der Waals surface area contributed by atoms with E-state index in [0.29, 0.717) is 26.4 Å². The average molecular weight is 375 g/mol. The molecule has 2 unspecified atom stereocenters. The molecule has 0 radical (unpaired) electrons. The van der Waals surface area contributed by atoms with Crippen LogP contribution < -0.4 is 15.2 Å². The largest absolute Gasteiger partial charge is 0.492 e. The van der Waals surface area contributed by atoms with Gasteiger partial charge in [0.05, 0.1) is 21.6 Å². The lowest BCUT2D eigenvalue weighted by Crippen LogP contribution is -2.28. The fourth-order valence-electron chi connectivity index (χ4n) is 3.27. The summed E-state index contributed by atoms with van der Waals surface area (Å²) >= 11 is 3.43. The van der Waals surface area contributed by atoms with Gasteiger partial charge in [0.1, 0.15) is 31.7 Å². The van der Waals surface area contributed by atoms with Crippen molar-refractivity contribution in [2.45, 2.75) is 11.4 Å². The minimum absolute atomic E-state index is 0.0976. The highest BCUT2D eigenvalue weighted by molar-refractivity contribution is 8.09. The van der Waals surface area contributed by atoms with Crippen molar-refractivity contribution in [3.05, 3.63) is 45.8 Å². The first-order valence-electron chi connectivity index (χ1n) is 8.19. The quantitative estimate of drug-likeness (QED) is 0.808. The minimum atomic E-state index is -0.0976. The van der Waals surface area contributed by atoms with Gasteiger partial charge in [0.15, 0.2) is 11.5 Å². The average Bonchev–Trinajstić information content (AvgIpc) is 3.24. The Bertz CT molecular complexity index is 830. The number of thiophene rings is 1. The van der Waals surface area contributed by atoms with Crippen molar-refractivity contribution in [3.63, 3.8) is 0 Å².